The molecule has 1 aromatic heterocycles. The molecule has 3 rings (SSSR count). The molecule has 0 aliphatic heterocycles. The summed E-state index contributed by atoms with van der Waals surface area (Å²) in [5, 5.41) is 8.02. The minimum Gasteiger partial charge on any atom is -0.312 e. The third-order valence-corrected chi connectivity index (χ3v) is 6.12. The smallest absolute Gasteiger partial charge is 0.151 e. The van der Waals surface area contributed by atoms with Gasteiger partial charge in [-0.15, -0.1) is 0 Å². The van der Waals surface area contributed by atoms with Gasteiger partial charge >= 0.3 is 0 Å². The lowest BCUT2D eigenvalue weighted by Crippen LogP contribution is -2.23. The quantitative estimate of drug-likeness (QED) is 0.577. The summed E-state index contributed by atoms with van der Waals surface area (Å²) >= 11 is 0. The summed E-state index contributed by atoms with van der Waals surface area (Å²) in [5.41, 5.74) is 4.24. The van der Waals surface area contributed by atoms with E-state index in [0.29, 0.717) is 19.6 Å². The van der Waals surface area contributed by atoms with Crippen molar-refractivity contribution in [3.63, 3.8) is 0 Å². The Labute approximate surface area is 161 Å². The Kier molecular flexibility index (Phi) is 6.42. The summed E-state index contributed by atoms with van der Waals surface area (Å²) in [6, 6.07) is 20.3. The number of benzene rings is 2. The van der Waals surface area contributed by atoms with Crippen LogP contribution in [0, 0.1) is 0 Å². The summed E-state index contributed by atoms with van der Waals surface area (Å²) in [4.78, 5) is 0. The third-order valence-electron chi connectivity index (χ3n) is 4.42. The number of sulfone groups is 1. The van der Waals surface area contributed by atoms with Crippen molar-refractivity contribution in [2.45, 2.75) is 20.0 Å². The first-order valence-electron chi connectivity index (χ1n) is 9.14. The van der Waals surface area contributed by atoms with Crippen molar-refractivity contribution >= 4 is 9.84 Å². The van der Waals surface area contributed by atoms with E-state index in [0.717, 1.165) is 16.8 Å². The van der Waals surface area contributed by atoms with Gasteiger partial charge in [-0.1, -0.05) is 67.6 Å². The zero-order valence-electron chi connectivity index (χ0n) is 15.5. The maximum Gasteiger partial charge on any atom is 0.151 e. The van der Waals surface area contributed by atoms with Gasteiger partial charge in [-0.05, 0) is 5.56 Å². The highest BCUT2D eigenvalue weighted by atomic mass is 32.2. The standard InChI is InChI=1S/C21H25N3O2S/c1-2-27(25,26)14-13-22-15-20-17-24(16-18-9-5-3-6-10-18)23-21(20)19-11-7-4-8-12-19/h3-12,17,22H,2,13-16H2,1H3. The predicted molar refractivity (Wildman–Crippen MR) is 109 cm³/mol. The van der Waals surface area contributed by atoms with Gasteiger partial charge in [0.1, 0.15) is 0 Å². The molecule has 6 heteroatoms. The van der Waals surface area contributed by atoms with Gasteiger partial charge < -0.3 is 5.32 Å². The van der Waals surface area contributed by atoms with Gasteiger partial charge in [0, 0.05) is 36.2 Å². The van der Waals surface area contributed by atoms with E-state index in [1.54, 1.807) is 6.92 Å². The van der Waals surface area contributed by atoms with E-state index >= 15 is 0 Å². The molecule has 0 saturated carbocycles. The average molecular weight is 384 g/mol. The number of hydrogen-bond acceptors (Lipinski definition) is 4. The average Bonchev–Trinajstić information content (AvgIpc) is 3.09. The highest BCUT2D eigenvalue weighted by Gasteiger charge is 2.12. The van der Waals surface area contributed by atoms with E-state index in [1.165, 1.54) is 5.56 Å². The summed E-state index contributed by atoms with van der Waals surface area (Å²) in [6.07, 6.45) is 2.04. The molecule has 0 aliphatic carbocycles. The maximum absolute atomic E-state index is 11.6. The molecule has 0 atom stereocenters. The van der Waals surface area contributed by atoms with Crippen LogP contribution >= 0.6 is 0 Å². The topological polar surface area (TPSA) is 64.0 Å². The van der Waals surface area contributed by atoms with Crippen LogP contribution in [-0.2, 0) is 22.9 Å². The molecule has 1 heterocycles. The summed E-state index contributed by atoms with van der Waals surface area (Å²) in [7, 11) is -2.96. The molecule has 5 nitrogen and oxygen atoms in total. The van der Waals surface area contributed by atoms with E-state index < -0.39 is 9.84 Å². The zero-order valence-corrected chi connectivity index (χ0v) is 16.3. The van der Waals surface area contributed by atoms with Gasteiger partial charge in [0.25, 0.3) is 0 Å². The van der Waals surface area contributed by atoms with Gasteiger partial charge in [0.2, 0.25) is 0 Å². The Bertz CT molecular complexity index is 952. The van der Waals surface area contributed by atoms with E-state index in [4.69, 9.17) is 5.10 Å². The van der Waals surface area contributed by atoms with Crippen molar-refractivity contribution in [2.75, 3.05) is 18.1 Å². The largest absolute Gasteiger partial charge is 0.312 e. The fraction of sp³-hybridized carbons (Fsp3) is 0.286. The Morgan fingerprint density at radius 2 is 1.67 bits per heavy atom. The molecule has 0 unspecified atom stereocenters. The van der Waals surface area contributed by atoms with Crippen molar-refractivity contribution in [3.05, 3.63) is 78.0 Å². The first kappa shape index (κ1) is 19.3. The molecule has 142 valence electrons. The highest BCUT2D eigenvalue weighted by molar-refractivity contribution is 7.91. The number of nitrogens with zero attached hydrogens (tertiary/aromatic N) is 2. The Morgan fingerprint density at radius 3 is 2.33 bits per heavy atom. The monoisotopic (exact) mass is 383 g/mol. The Balaban J connectivity index is 1.76. The lowest BCUT2D eigenvalue weighted by atomic mass is 10.1. The van der Waals surface area contributed by atoms with Gasteiger partial charge in [-0.25, -0.2) is 8.42 Å². The van der Waals surface area contributed by atoms with Crippen LogP contribution in [0.2, 0.25) is 0 Å². The normalized spacial score (nSPS) is 11.6. The number of nitrogens with one attached hydrogen (secondary N) is 1. The summed E-state index contributed by atoms with van der Waals surface area (Å²) in [6.45, 7) is 3.40. The maximum atomic E-state index is 11.6. The van der Waals surface area contributed by atoms with E-state index in [-0.39, 0.29) is 11.5 Å². The molecule has 0 saturated heterocycles. The van der Waals surface area contributed by atoms with Gasteiger partial charge in [0.15, 0.2) is 9.84 Å². The molecule has 0 aliphatic rings. The van der Waals surface area contributed by atoms with Crippen molar-refractivity contribution < 1.29 is 8.42 Å². The molecular weight excluding hydrogens is 358 g/mol. The van der Waals surface area contributed by atoms with Crippen LogP contribution in [0.15, 0.2) is 66.9 Å². The van der Waals surface area contributed by atoms with Gasteiger partial charge in [-0.3, -0.25) is 4.68 Å². The summed E-state index contributed by atoms with van der Waals surface area (Å²) in [5.74, 6) is 0.335. The first-order chi connectivity index (χ1) is 13.1. The molecule has 0 bridgehead atoms. The predicted octanol–water partition coefficient (Wildman–Crippen LogP) is 3.12. The molecule has 2 aromatic carbocycles. The molecule has 0 spiro atoms. The zero-order chi connectivity index (χ0) is 19.1. The highest BCUT2D eigenvalue weighted by Crippen LogP contribution is 2.22. The SMILES string of the molecule is CCS(=O)(=O)CCNCc1cn(Cc2ccccc2)nc1-c1ccccc1. The Hall–Kier alpha value is -2.44. The minimum atomic E-state index is -2.96. The van der Waals surface area contributed by atoms with Crippen molar-refractivity contribution in [1.29, 1.82) is 0 Å². The molecule has 3 aromatic rings. The van der Waals surface area contributed by atoms with E-state index in [9.17, 15) is 8.42 Å². The number of rotatable bonds is 9. The second-order valence-corrected chi connectivity index (χ2v) is 8.94. The van der Waals surface area contributed by atoms with Gasteiger partial charge in [-0.2, -0.15) is 5.10 Å². The van der Waals surface area contributed by atoms with E-state index in [2.05, 4.69) is 17.4 Å². The number of aromatic nitrogens is 2. The molecule has 1 N–H and O–H groups in total. The van der Waals surface area contributed by atoms with Crippen LogP contribution < -0.4 is 5.32 Å². The van der Waals surface area contributed by atoms with Crippen LogP contribution in [0.1, 0.15) is 18.1 Å². The fourth-order valence-electron chi connectivity index (χ4n) is 2.88. The third kappa shape index (κ3) is 5.52. The second-order valence-electron chi connectivity index (χ2n) is 6.47. The van der Waals surface area contributed by atoms with Crippen LogP contribution in [0.5, 0.6) is 0 Å². The molecule has 27 heavy (non-hydrogen) atoms. The van der Waals surface area contributed by atoms with Crippen molar-refractivity contribution in [1.82, 2.24) is 15.1 Å². The van der Waals surface area contributed by atoms with Crippen LogP contribution in [0.3, 0.4) is 0 Å². The van der Waals surface area contributed by atoms with Crippen LogP contribution in [0.25, 0.3) is 11.3 Å². The molecular formula is C21H25N3O2S. The first-order valence-corrected chi connectivity index (χ1v) is 11.0. The molecule has 0 fully saturated rings. The summed E-state index contributed by atoms with van der Waals surface area (Å²) < 4.78 is 25.2. The number of hydrogen-bond donors (Lipinski definition) is 1. The van der Waals surface area contributed by atoms with E-state index in [1.807, 2.05) is 59.4 Å². The molecule has 0 radical (unpaired) electrons. The minimum absolute atomic E-state index is 0.155. The van der Waals surface area contributed by atoms with Crippen molar-refractivity contribution in [2.24, 2.45) is 0 Å². The van der Waals surface area contributed by atoms with Crippen LogP contribution in [0.4, 0.5) is 0 Å². The van der Waals surface area contributed by atoms with Crippen molar-refractivity contribution in [3.8, 4) is 11.3 Å². The molecule has 0 amide bonds. The second kappa shape index (κ2) is 8.97. The lowest BCUT2D eigenvalue weighted by Gasteiger charge is -2.05. The fourth-order valence-corrected chi connectivity index (χ4v) is 3.62. The van der Waals surface area contributed by atoms with Gasteiger partial charge in [0.05, 0.1) is 18.0 Å². The van der Waals surface area contributed by atoms with Crippen LogP contribution in [-0.4, -0.2) is 36.2 Å². The lowest BCUT2D eigenvalue weighted by molar-refractivity contribution is 0.592. The Morgan fingerprint density at radius 1 is 1.00 bits per heavy atom.